The second-order valence-electron chi connectivity index (χ2n) is 4.28. The van der Waals surface area contributed by atoms with Crippen molar-refractivity contribution in [2.45, 2.75) is 6.92 Å². The van der Waals surface area contributed by atoms with Crippen molar-refractivity contribution in [3.05, 3.63) is 52.8 Å². The molecule has 0 atom stereocenters. The summed E-state index contributed by atoms with van der Waals surface area (Å²) in [5, 5.41) is 5.66. The number of halogens is 2. The van der Waals surface area contributed by atoms with Gasteiger partial charge >= 0.3 is 6.03 Å². The van der Waals surface area contributed by atoms with Crippen molar-refractivity contribution in [1.29, 1.82) is 0 Å². The fourth-order valence-corrected chi connectivity index (χ4v) is 1.75. The van der Waals surface area contributed by atoms with Gasteiger partial charge in [0.25, 0.3) is 0 Å². The molecule has 0 aliphatic rings. The predicted octanol–water partition coefficient (Wildman–Crippen LogP) is 4.01. The minimum absolute atomic E-state index is 0.0290. The standard InChI is InChI=1S/C14H13ClFN3O/c1-8-2-3-9(6-11(8)15)18-14(20)19-10-4-5-13(17)12(16)7-10/h2-7H,17H2,1H3,(H2,18,19,20). The van der Waals surface area contributed by atoms with Gasteiger partial charge in [0.15, 0.2) is 0 Å². The van der Waals surface area contributed by atoms with E-state index in [1.807, 2.05) is 6.92 Å². The van der Waals surface area contributed by atoms with E-state index in [4.69, 9.17) is 17.3 Å². The van der Waals surface area contributed by atoms with E-state index in [0.717, 1.165) is 11.6 Å². The Labute approximate surface area is 120 Å². The first kappa shape index (κ1) is 14.1. The van der Waals surface area contributed by atoms with Gasteiger partial charge in [-0.2, -0.15) is 0 Å². The van der Waals surface area contributed by atoms with Gasteiger partial charge in [-0.25, -0.2) is 9.18 Å². The Kier molecular flexibility index (Phi) is 4.10. The third kappa shape index (κ3) is 3.39. The molecule has 0 aliphatic carbocycles. The molecule has 0 spiro atoms. The molecule has 2 amide bonds. The number of rotatable bonds is 2. The van der Waals surface area contributed by atoms with Gasteiger partial charge in [-0.3, -0.25) is 0 Å². The number of nitrogens with one attached hydrogen (secondary N) is 2. The second-order valence-corrected chi connectivity index (χ2v) is 4.69. The minimum atomic E-state index is -0.582. The number of benzene rings is 2. The minimum Gasteiger partial charge on any atom is -0.396 e. The Bertz CT molecular complexity index is 605. The van der Waals surface area contributed by atoms with E-state index >= 15 is 0 Å². The van der Waals surface area contributed by atoms with Crippen molar-refractivity contribution in [2.75, 3.05) is 16.4 Å². The molecule has 2 aromatic rings. The number of carbonyl (C=O) groups is 1. The zero-order valence-corrected chi connectivity index (χ0v) is 11.5. The molecule has 2 rings (SSSR count). The first-order valence-corrected chi connectivity index (χ1v) is 6.22. The van der Waals surface area contributed by atoms with Crippen LogP contribution < -0.4 is 16.4 Å². The van der Waals surface area contributed by atoms with E-state index < -0.39 is 11.8 Å². The fraction of sp³-hybridized carbons (Fsp3) is 0.0714. The van der Waals surface area contributed by atoms with Gasteiger partial charge in [-0.1, -0.05) is 17.7 Å². The van der Waals surface area contributed by atoms with Gasteiger partial charge in [-0.15, -0.1) is 0 Å². The molecule has 0 aliphatic heterocycles. The summed E-state index contributed by atoms with van der Waals surface area (Å²) in [4.78, 5) is 11.8. The number of aryl methyl sites for hydroxylation is 1. The molecule has 0 unspecified atom stereocenters. The number of nitrogens with two attached hydrogens (primary N) is 1. The molecule has 6 heteroatoms. The molecular weight excluding hydrogens is 281 g/mol. The van der Waals surface area contributed by atoms with E-state index in [1.54, 1.807) is 18.2 Å². The van der Waals surface area contributed by atoms with Crippen LogP contribution in [0.5, 0.6) is 0 Å². The van der Waals surface area contributed by atoms with E-state index in [9.17, 15) is 9.18 Å². The molecule has 0 bridgehead atoms. The maximum absolute atomic E-state index is 13.2. The molecule has 0 fully saturated rings. The molecule has 2 aromatic carbocycles. The summed E-state index contributed by atoms with van der Waals surface area (Å²) in [6.45, 7) is 1.86. The first-order chi connectivity index (χ1) is 9.45. The van der Waals surface area contributed by atoms with E-state index in [-0.39, 0.29) is 5.69 Å². The van der Waals surface area contributed by atoms with Crippen LogP contribution in [0.1, 0.15) is 5.56 Å². The van der Waals surface area contributed by atoms with Crippen molar-refractivity contribution in [3.8, 4) is 0 Å². The Morgan fingerprint density at radius 2 is 1.75 bits per heavy atom. The fourth-order valence-electron chi connectivity index (χ4n) is 1.57. The summed E-state index contributed by atoms with van der Waals surface area (Å²) in [6.07, 6.45) is 0. The summed E-state index contributed by atoms with van der Waals surface area (Å²) < 4.78 is 13.2. The van der Waals surface area contributed by atoms with E-state index in [1.165, 1.54) is 12.1 Å². The van der Waals surface area contributed by atoms with E-state index in [2.05, 4.69) is 10.6 Å². The topological polar surface area (TPSA) is 67.2 Å². The highest BCUT2D eigenvalue weighted by Crippen LogP contribution is 2.20. The first-order valence-electron chi connectivity index (χ1n) is 5.85. The molecule has 104 valence electrons. The Morgan fingerprint density at radius 1 is 1.15 bits per heavy atom. The largest absolute Gasteiger partial charge is 0.396 e. The van der Waals surface area contributed by atoms with Crippen LogP contribution in [-0.4, -0.2) is 6.03 Å². The maximum Gasteiger partial charge on any atom is 0.323 e. The van der Waals surface area contributed by atoms with Crippen LogP contribution in [0, 0.1) is 12.7 Å². The normalized spacial score (nSPS) is 10.2. The van der Waals surface area contributed by atoms with Crippen LogP contribution in [-0.2, 0) is 0 Å². The van der Waals surface area contributed by atoms with Crippen molar-refractivity contribution < 1.29 is 9.18 Å². The summed E-state index contributed by atoms with van der Waals surface area (Å²) in [6, 6.07) is 8.71. The highest BCUT2D eigenvalue weighted by molar-refractivity contribution is 6.31. The lowest BCUT2D eigenvalue weighted by molar-refractivity contribution is 0.262. The number of urea groups is 1. The van der Waals surface area contributed by atoms with E-state index in [0.29, 0.717) is 16.4 Å². The number of amides is 2. The van der Waals surface area contributed by atoms with Crippen molar-refractivity contribution >= 4 is 34.7 Å². The van der Waals surface area contributed by atoms with Crippen molar-refractivity contribution in [2.24, 2.45) is 0 Å². The van der Waals surface area contributed by atoms with Crippen molar-refractivity contribution in [1.82, 2.24) is 0 Å². The average Bonchev–Trinajstić information content (AvgIpc) is 2.38. The molecule has 0 radical (unpaired) electrons. The molecule has 0 saturated heterocycles. The van der Waals surface area contributed by atoms with Gasteiger partial charge in [0.2, 0.25) is 0 Å². The number of nitrogen functional groups attached to an aromatic ring is 1. The SMILES string of the molecule is Cc1ccc(NC(=O)Nc2ccc(N)c(F)c2)cc1Cl. The molecule has 20 heavy (non-hydrogen) atoms. The third-order valence-corrected chi connectivity index (χ3v) is 3.10. The smallest absolute Gasteiger partial charge is 0.323 e. The zero-order valence-electron chi connectivity index (χ0n) is 10.7. The Balaban J connectivity index is 2.04. The van der Waals surface area contributed by atoms with Crippen LogP contribution in [0.25, 0.3) is 0 Å². The van der Waals surface area contributed by atoms with Gasteiger partial charge < -0.3 is 16.4 Å². The Morgan fingerprint density at radius 3 is 2.35 bits per heavy atom. The molecular formula is C14H13ClFN3O. The van der Waals surface area contributed by atoms with Crippen LogP contribution in [0.2, 0.25) is 5.02 Å². The Hall–Kier alpha value is -2.27. The molecule has 0 aromatic heterocycles. The highest BCUT2D eigenvalue weighted by Gasteiger charge is 2.06. The molecule has 0 heterocycles. The highest BCUT2D eigenvalue weighted by atomic mass is 35.5. The van der Waals surface area contributed by atoms with Gasteiger partial charge in [0.1, 0.15) is 5.82 Å². The van der Waals surface area contributed by atoms with Crippen LogP contribution in [0.4, 0.5) is 26.2 Å². The quantitative estimate of drug-likeness (QED) is 0.732. The lowest BCUT2D eigenvalue weighted by atomic mass is 10.2. The molecule has 4 nitrogen and oxygen atoms in total. The molecule has 4 N–H and O–H groups in total. The summed E-state index contributed by atoms with van der Waals surface area (Å²) >= 11 is 5.96. The lowest BCUT2D eigenvalue weighted by Gasteiger charge is -2.09. The van der Waals surface area contributed by atoms with Crippen LogP contribution >= 0.6 is 11.6 Å². The second kappa shape index (κ2) is 5.79. The van der Waals surface area contributed by atoms with Crippen molar-refractivity contribution in [3.63, 3.8) is 0 Å². The number of hydrogen-bond donors (Lipinski definition) is 3. The predicted molar refractivity (Wildman–Crippen MR) is 79.6 cm³/mol. The number of hydrogen-bond acceptors (Lipinski definition) is 2. The summed E-state index contributed by atoms with van der Waals surface area (Å²) in [7, 11) is 0. The van der Waals surface area contributed by atoms with Gasteiger partial charge in [0, 0.05) is 16.4 Å². The lowest BCUT2D eigenvalue weighted by Crippen LogP contribution is -2.19. The average molecular weight is 294 g/mol. The van der Waals surface area contributed by atoms with Gasteiger partial charge in [-0.05, 0) is 42.8 Å². The monoisotopic (exact) mass is 293 g/mol. The van der Waals surface area contributed by atoms with Crippen LogP contribution in [0.3, 0.4) is 0 Å². The zero-order chi connectivity index (χ0) is 14.7. The number of carbonyl (C=O) groups excluding carboxylic acids is 1. The number of anilines is 3. The summed E-state index contributed by atoms with van der Waals surface area (Å²) in [5.74, 6) is -0.582. The van der Waals surface area contributed by atoms with Gasteiger partial charge in [0.05, 0.1) is 5.69 Å². The molecule has 0 saturated carbocycles. The third-order valence-electron chi connectivity index (χ3n) is 2.69. The summed E-state index contributed by atoms with van der Waals surface area (Å²) in [5.41, 5.74) is 7.16. The van der Waals surface area contributed by atoms with Crippen LogP contribution in [0.15, 0.2) is 36.4 Å². The maximum atomic E-state index is 13.2.